The van der Waals surface area contributed by atoms with Gasteiger partial charge in [0, 0.05) is 11.1 Å². The number of nitrogens with one attached hydrogen (secondary N) is 1. The van der Waals surface area contributed by atoms with E-state index in [1.54, 1.807) is 12.1 Å². The molecule has 0 aliphatic heterocycles. The van der Waals surface area contributed by atoms with Crippen LogP contribution in [0.3, 0.4) is 0 Å². The first kappa shape index (κ1) is 15.4. The van der Waals surface area contributed by atoms with Crippen LogP contribution in [0.5, 0.6) is 10.8 Å². The van der Waals surface area contributed by atoms with Gasteiger partial charge in [-0.15, -0.1) is 0 Å². The zero-order chi connectivity index (χ0) is 15.4. The lowest BCUT2D eigenvalue weighted by Crippen LogP contribution is -2.35. The van der Waals surface area contributed by atoms with Crippen molar-refractivity contribution in [3.63, 3.8) is 0 Å². The van der Waals surface area contributed by atoms with Crippen LogP contribution in [0.15, 0.2) is 36.4 Å². The second kappa shape index (κ2) is 7.16. The lowest BCUT2D eigenvalue weighted by Gasteiger charge is -2.22. The van der Waals surface area contributed by atoms with Crippen LogP contribution in [0, 0.1) is 0 Å². The topological polar surface area (TPSA) is 38.3 Å². The molecule has 1 N–H and O–H groups in total. The molecular weight excluding hydrogens is 318 g/mol. The van der Waals surface area contributed by atoms with Gasteiger partial charge in [-0.25, -0.2) is 0 Å². The van der Waals surface area contributed by atoms with Crippen molar-refractivity contribution >= 4 is 28.8 Å². The molecule has 0 radical (unpaired) electrons. The van der Waals surface area contributed by atoms with Crippen molar-refractivity contribution in [2.24, 2.45) is 0 Å². The molecule has 1 aromatic heterocycles. The molecule has 22 heavy (non-hydrogen) atoms. The lowest BCUT2D eigenvalue weighted by atomic mass is 9.95. The maximum absolute atomic E-state index is 12.2. The zero-order valence-corrected chi connectivity index (χ0v) is 13.8. The summed E-state index contributed by atoms with van der Waals surface area (Å²) >= 11 is 7.21. The molecule has 1 aliphatic rings. The SMILES string of the molecule is O=C(NC1CCCCC1)c1ccc(Oc2ccc(Cl)cc2)s1. The Bertz CT molecular complexity index is 632. The van der Waals surface area contributed by atoms with E-state index in [2.05, 4.69) is 5.32 Å². The molecular formula is C17H18ClNO2S. The highest BCUT2D eigenvalue weighted by molar-refractivity contribution is 7.15. The number of rotatable bonds is 4. The van der Waals surface area contributed by atoms with Gasteiger partial charge in [0.15, 0.2) is 5.06 Å². The third-order valence-corrected chi connectivity index (χ3v) is 4.99. The Morgan fingerprint density at radius 1 is 1.09 bits per heavy atom. The molecule has 0 unspecified atom stereocenters. The maximum Gasteiger partial charge on any atom is 0.261 e. The van der Waals surface area contributed by atoms with Crippen LogP contribution in [0.4, 0.5) is 0 Å². The first-order valence-electron chi connectivity index (χ1n) is 7.55. The number of carbonyl (C=O) groups excluding carboxylic acids is 1. The molecule has 1 heterocycles. The first-order chi connectivity index (χ1) is 10.7. The van der Waals surface area contributed by atoms with Crippen molar-refractivity contribution in [3.05, 3.63) is 46.3 Å². The van der Waals surface area contributed by atoms with E-state index in [0.29, 0.717) is 26.8 Å². The average Bonchev–Trinajstić information content (AvgIpc) is 2.99. The largest absolute Gasteiger partial charge is 0.447 e. The van der Waals surface area contributed by atoms with Gasteiger partial charge >= 0.3 is 0 Å². The van der Waals surface area contributed by atoms with Crippen LogP contribution in [-0.4, -0.2) is 11.9 Å². The summed E-state index contributed by atoms with van der Waals surface area (Å²) < 4.78 is 5.73. The van der Waals surface area contributed by atoms with Crippen molar-refractivity contribution in [1.82, 2.24) is 5.32 Å². The number of carbonyl (C=O) groups is 1. The standard InChI is InChI=1S/C17H18ClNO2S/c18-12-6-8-14(9-7-12)21-16-11-10-15(22-16)17(20)19-13-4-2-1-3-5-13/h6-11,13H,1-5H2,(H,19,20). The summed E-state index contributed by atoms with van der Waals surface area (Å²) in [5, 5.41) is 4.50. The Kier molecular flexibility index (Phi) is 5.01. The van der Waals surface area contributed by atoms with Crippen LogP contribution in [0.1, 0.15) is 41.8 Å². The van der Waals surface area contributed by atoms with Gasteiger partial charge in [0.05, 0.1) is 4.88 Å². The van der Waals surface area contributed by atoms with Crippen molar-refractivity contribution in [3.8, 4) is 10.8 Å². The Labute approximate surface area is 139 Å². The Balaban J connectivity index is 1.60. The summed E-state index contributed by atoms with van der Waals surface area (Å²) in [4.78, 5) is 12.9. The van der Waals surface area contributed by atoms with E-state index in [1.165, 1.54) is 30.6 Å². The number of hydrogen-bond acceptors (Lipinski definition) is 3. The van der Waals surface area contributed by atoms with Crippen LogP contribution in [-0.2, 0) is 0 Å². The minimum atomic E-state index is 0.00264. The first-order valence-corrected chi connectivity index (χ1v) is 8.74. The highest BCUT2D eigenvalue weighted by Crippen LogP contribution is 2.30. The molecule has 3 nitrogen and oxygen atoms in total. The summed E-state index contributed by atoms with van der Waals surface area (Å²) in [5.41, 5.74) is 0. The average molecular weight is 336 g/mol. The fourth-order valence-electron chi connectivity index (χ4n) is 2.62. The summed E-state index contributed by atoms with van der Waals surface area (Å²) in [6.45, 7) is 0. The number of amides is 1. The number of thiophene rings is 1. The molecule has 116 valence electrons. The number of halogens is 1. The van der Waals surface area contributed by atoms with Crippen LogP contribution in [0.25, 0.3) is 0 Å². The molecule has 5 heteroatoms. The van der Waals surface area contributed by atoms with Crippen molar-refractivity contribution < 1.29 is 9.53 Å². The molecule has 1 aliphatic carbocycles. The smallest absolute Gasteiger partial charge is 0.261 e. The third-order valence-electron chi connectivity index (χ3n) is 3.78. The molecule has 1 fully saturated rings. The molecule has 3 rings (SSSR count). The van der Waals surface area contributed by atoms with Gasteiger partial charge in [0.1, 0.15) is 5.75 Å². The zero-order valence-electron chi connectivity index (χ0n) is 12.2. The fraction of sp³-hybridized carbons (Fsp3) is 0.353. The van der Waals surface area contributed by atoms with Gasteiger partial charge in [0.25, 0.3) is 5.91 Å². The molecule has 1 aromatic carbocycles. The molecule has 0 saturated heterocycles. The van der Waals surface area contributed by atoms with Gasteiger partial charge in [-0.1, -0.05) is 42.2 Å². The molecule has 1 saturated carbocycles. The summed E-state index contributed by atoms with van der Waals surface area (Å²) in [7, 11) is 0. The quantitative estimate of drug-likeness (QED) is 0.828. The molecule has 2 aromatic rings. The van der Waals surface area contributed by atoms with E-state index in [4.69, 9.17) is 16.3 Å². The second-order valence-corrected chi connectivity index (χ2v) is 6.97. The fourth-order valence-corrected chi connectivity index (χ4v) is 3.52. The monoisotopic (exact) mass is 335 g/mol. The Hall–Kier alpha value is -1.52. The summed E-state index contributed by atoms with van der Waals surface area (Å²) in [6.07, 6.45) is 5.88. The van der Waals surface area contributed by atoms with Crippen molar-refractivity contribution in [2.75, 3.05) is 0 Å². The van der Waals surface area contributed by atoms with E-state index < -0.39 is 0 Å². The minimum absolute atomic E-state index is 0.00264. The predicted octanol–water partition coefficient (Wildman–Crippen LogP) is 5.26. The molecule has 0 atom stereocenters. The maximum atomic E-state index is 12.2. The summed E-state index contributed by atoms with van der Waals surface area (Å²) in [5.74, 6) is 0.716. The van der Waals surface area contributed by atoms with Crippen LogP contribution in [0.2, 0.25) is 5.02 Å². The number of benzene rings is 1. The van der Waals surface area contributed by atoms with E-state index in [0.717, 1.165) is 12.8 Å². The van der Waals surface area contributed by atoms with Crippen molar-refractivity contribution in [2.45, 2.75) is 38.1 Å². The number of hydrogen-bond donors (Lipinski definition) is 1. The van der Waals surface area contributed by atoms with E-state index in [-0.39, 0.29) is 5.91 Å². The highest BCUT2D eigenvalue weighted by Gasteiger charge is 2.18. The van der Waals surface area contributed by atoms with Gasteiger partial charge in [-0.2, -0.15) is 0 Å². The highest BCUT2D eigenvalue weighted by atomic mass is 35.5. The van der Waals surface area contributed by atoms with Crippen molar-refractivity contribution in [1.29, 1.82) is 0 Å². The third kappa shape index (κ3) is 4.02. The Morgan fingerprint density at radius 3 is 2.55 bits per heavy atom. The number of ether oxygens (including phenoxy) is 1. The molecule has 0 spiro atoms. The second-order valence-electron chi connectivity index (χ2n) is 5.48. The minimum Gasteiger partial charge on any atom is -0.447 e. The van der Waals surface area contributed by atoms with Crippen LogP contribution < -0.4 is 10.1 Å². The lowest BCUT2D eigenvalue weighted by molar-refractivity contribution is 0.0932. The van der Waals surface area contributed by atoms with E-state index in [1.807, 2.05) is 24.3 Å². The Morgan fingerprint density at radius 2 is 1.82 bits per heavy atom. The van der Waals surface area contributed by atoms with Gasteiger partial charge < -0.3 is 10.1 Å². The van der Waals surface area contributed by atoms with Gasteiger partial charge in [-0.05, 0) is 49.2 Å². The van der Waals surface area contributed by atoms with Gasteiger partial charge in [0.2, 0.25) is 0 Å². The molecule has 0 bridgehead atoms. The summed E-state index contributed by atoms with van der Waals surface area (Å²) in [6, 6.07) is 11.1. The van der Waals surface area contributed by atoms with E-state index in [9.17, 15) is 4.79 Å². The van der Waals surface area contributed by atoms with Gasteiger partial charge in [-0.3, -0.25) is 4.79 Å². The predicted molar refractivity (Wildman–Crippen MR) is 90.2 cm³/mol. The normalized spacial score (nSPS) is 15.5. The van der Waals surface area contributed by atoms with Crippen LogP contribution >= 0.6 is 22.9 Å². The van der Waals surface area contributed by atoms with E-state index >= 15 is 0 Å². The molecule has 1 amide bonds.